The molecule has 35 heavy (non-hydrogen) atoms. The van der Waals surface area contributed by atoms with Gasteiger partial charge in [-0.05, 0) is 37.3 Å². The van der Waals surface area contributed by atoms with E-state index in [1.54, 1.807) is 25.4 Å². The number of phenolic OH excluding ortho intramolecular Hbond substituents is 1. The lowest BCUT2D eigenvalue weighted by Crippen LogP contribution is -2.20. The molecule has 2 aromatic carbocycles. The van der Waals surface area contributed by atoms with Gasteiger partial charge in [-0.15, -0.1) is 0 Å². The maximum Gasteiger partial charge on any atom is 0.340 e. The number of aromatic nitrogens is 1. The molecule has 3 aromatic rings. The highest BCUT2D eigenvalue weighted by Gasteiger charge is 2.23. The van der Waals surface area contributed by atoms with Gasteiger partial charge in [0.05, 0.1) is 59.9 Å². The Hall–Kier alpha value is -3.60. The van der Waals surface area contributed by atoms with Crippen LogP contribution >= 0.6 is 0 Å². The van der Waals surface area contributed by atoms with Crippen molar-refractivity contribution in [1.29, 1.82) is 0 Å². The fourth-order valence-corrected chi connectivity index (χ4v) is 4.85. The summed E-state index contributed by atoms with van der Waals surface area (Å²) in [6, 6.07) is 6.06. The highest BCUT2D eigenvalue weighted by Crippen LogP contribution is 2.37. The number of aliphatic imine (C=N–C) groups is 1. The molecule has 0 saturated carbocycles. The first-order valence-electron chi connectivity index (χ1n) is 10.8. The summed E-state index contributed by atoms with van der Waals surface area (Å²) >= 11 is 0. The molecule has 4 rings (SSSR count). The second-order valence-corrected chi connectivity index (χ2v) is 9.19. The van der Waals surface area contributed by atoms with Crippen LogP contribution in [0, 0.1) is 11.6 Å². The van der Waals surface area contributed by atoms with Crippen molar-refractivity contribution < 1.29 is 32.4 Å². The second kappa shape index (κ2) is 10.3. The third-order valence-electron chi connectivity index (χ3n) is 5.48. The number of hydrogen-bond acceptors (Lipinski definition) is 8. The van der Waals surface area contributed by atoms with Crippen molar-refractivity contribution in [3.05, 3.63) is 58.8 Å². The average molecular weight is 504 g/mol. The zero-order valence-electron chi connectivity index (χ0n) is 19.1. The van der Waals surface area contributed by atoms with E-state index in [4.69, 9.17) is 9.47 Å². The largest absolute Gasteiger partial charge is 0.504 e. The van der Waals surface area contributed by atoms with Gasteiger partial charge in [0.2, 0.25) is 0 Å². The number of hydrogen-bond donors (Lipinski definition) is 1. The topological polar surface area (TPSA) is 101 Å². The van der Waals surface area contributed by atoms with E-state index in [-0.39, 0.29) is 46.6 Å². The number of rotatable bonds is 8. The van der Waals surface area contributed by atoms with E-state index < -0.39 is 28.4 Å². The highest BCUT2D eigenvalue weighted by molar-refractivity contribution is 7.84. The molecule has 0 spiro atoms. The summed E-state index contributed by atoms with van der Waals surface area (Å²) < 4.78 is 50.5. The number of ether oxygens (including phenoxy) is 2. The second-order valence-electron chi connectivity index (χ2n) is 7.74. The van der Waals surface area contributed by atoms with Crippen molar-refractivity contribution in [2.45, 2.75) is 24.1 Å². The molecule has 0 amide bonds. The van der Waals surface area contributed by atoms with Gasteiger partial charge in [0.25, 0.3) is 0 Å². The fraction of sp³-hybridized carbons (Fsp3) is 0.292. The number of methoxy groups -OCH3 is 1. The van der Waals surface area contributed by atoms with Gasteiger partial charge < -0.3 is 19.5 Å². The maximum atomic E-state index is 13.7. The summed E-state index contributed by atoms with van der Waals surface area (Å²) in [6.07, 6.45) is 1.68. The molecule has 8 nitrogen and oxygen atoms in total. The van der Waals surface area contributed by atoms with Crippen molar-refractivity contribution in [1.82, 2.24) is 9.88 Å². The summed E-state index contributed by atoms with van der Waals surface area (Å²) in [6.45, 7) is 3.33. The maximum absolute atomic E-state index is 13.7. The minimum Gasteiger partial charge on any atom is -0.504 e. The molecule has 1 aromatic heterocycles. The number of carbonyl (C=O) groups is 1. The number of phenols is 1. The summed E-state index contributed by atoms with van der Waals surface area (Å²) in [5.41, 5.74) is 1.05. The summed E-state index contributed by atoms with van der Waals surface area (Å²) in [7, 11) is -0.427. The standard InChI is InChI=1S/C24H23F2N3O5S/c1-3-34-24(31)16-8-14-9-21(33-2)23(30)17(11-29-7-6-27-13-29)22(14)28-20(16)12-35(32)15-4-5-18(25)19(26)10-15/h4-5,8-10,13,30H,3,6-7,11-12H2,1-2H3. The first-order valence-corrected chi connectivity index (χ1v) is 12.1. The van der Waals surface area contributed by atoms with Crippen LogP contribution in [0.1, 0.15) is 28.5 Å². The normalized spacial score (nSPS) is 13.9. The van der Waals surface area contributed by atoms with E-state index in [0.29, 0.717) is 29.6 Å². The fourth-order valence-electron chi connectivity index (χ4n) is 3.76. The van der Waals surface area contributed by atoms with E-state index in [0.717, 1.165) is 12.1 Å². The molecule has 11 heteroatoms. The molecule has 1 aliphatic heterocycles. The van der Waals surface area contributed by atoms with Crippen LogP contribution < -0.4 is 4.74 Å². The highest BCUT2D eigenvalue weighted by atomic mass is 32.2. The Bertz CT molecular complexity index is 1350. The third kappa shape index (κ3) is 5.09. The predicted molar refractivity (Wildman–Crippen MR) is 126 cm³/mol. The lowest BCUT2D eigenvalue weighted by molar-refractivity contribution is 0.0525. The van der Waals surface area contributed by atoms with Crippen LogP contribution in [0.15, 0.2) is 40.2 Å². The van der Waals surface area contributed by atoms with Gasteiger partial charge >= 0.3 is 5.97 Å². The number of benzene rings is 2. The van der Waals surface area contributed by atoms with E-state index in [2.05, 4.69) is 9.98 Å². The Labute approximate surface area is 202 Å². The lowest BCUT2D eigenvalue weighted by Gasteiger charge is -2.19. The van der Waals surface area contributed by atoms with Gasteiger partial charge in [-0.2, -0.15) is 0 Å². The number of aromatic hydroxyl groups is 1. The summed E-state index contributed by atoms with van der Waals surface area (Å²) in [5, 5.41) is 11.4. The number of carbonyl (C=O) groups excluding carboxylic acids is 1. The van der Waals surface area contributed by atoms with Crippen molar-refractivity contribution in [3.63, 3.8) is 0 Å². The number of fused-ring (bicyclic) bond motifs is 1. The predicted octanol–water partition coefficient (Wildman–Crippen LogP) is 3.56. The molecule has 0 fully saturated rings. The minimum absolute atomic E-state index is 0.0479. The number of halogens is 2. The Morgan fingerprint density at radius 1 is 1.23 bits per heavy atom. The van der Waals surface area contributed by atoms with Gasteiger partial charge in [-0.1, -0.05) is 0 Å². The monoisotopic (exact) mass is 503 g/mol. The molecule has 0 bridgehead atoms. The third-order valence-corrected chi connectivity index (χ3v) is 6.80. The van der Waals surface area contributed by atoms with Crippen molar-refractivity contribution in [2.75, 3.05) is 26.8 Å². The van der Waals surface area contributed by atoms with Gasteiger partial charge in [-0.3, -0.25) is 14.2 Å². The van der Waals surface area contributed by atoms with Gasteiger partial charge in [0.1, 0.15) is 0 Å². The van der Waals surface area contributed by atoms with Gasteiger partial charge in [0, 0.05) is 28.9 Å². The summed E-state index contributed by atoms with van der Waals surface area (Å²) in [4.78, 5) is 23.5. The van der Waals surface area contributed by atoms with Crippen LogP contribution in [0.25, 0.3) is 10.9 Å². The molecule has 1 unspecified atom stereocenters. The van der Waals surface area contributed by atoms with Gasteiger partial charge in [0.15, 0.2) is 23.1 Å². The Balaban J connectivity index is 1.85. The van der Waals surface area contributed by atoms with Gasteiger partial charge in [-0.25, -0.2) is 13.6 Å². The Kier molecular flexibility index (Phi) is 7.25. The zero-order valence-corrected chi connectivity index (χ0v) is 19.9. The van der Waals surface area contributed by atoms with Crippen molar-refractivity contribution in [3.8, 4) is 11.5 Å². The molecule has 1 aliphatic rings. The number of nitrogens with zero attached hydrogens (tertiary/aromatic N) is 3. The molecule has 2 heterocycles. The van der Waals surface area contributed by atoms with E-state index >= 15 is 0 Å². The Morgan fingerprint density at radius 2 is 2.03 bits per heavy atom. The number of pyridine rings is 1. The van der Waals surface area contributed by atoms with Crippen LogP contribution in [-0.4, -0.2) is 58.3 Å². The smallest absolute Gasteiger partial charge is 0.340 e. The first-order chi connectivity index (χ1) is 16.8. The number of esters is 1. The van der Waals surface area contributed by atoms with Crippen molar-refractivity contribution in [2.24, 2.45) is 4.99 Å². The Morgan fingerprint density at radius 3 is 2.69 bits per heavy atom. The molecule has 1 N–H and O–H groups in total. The lowest BCUT2D eigenvalue weighted by atomic mass is 10.0. The molecule has 0 radical (unpaired) electrons. The molecule has 184 valence electrons. The molecular formula is C24H23F2N3O5S. The molecule has 1 atom stereocenters. The van der Waals surface area contributed by atoms with Crippen LogP contribution in [0.2, 0.25) is 0 Å². The van der Waals surface area contributed by atoms with Crippen LogP contribution in [-0.2, 0) is 27.8 Å². The molecular weight excluding hydrogens is 480 g/mol. The van der Waals surface area contributed by atoms with E-state index in [1.807, 2.05) is 4.90 Å². The van der Waals surface area contributed by atoms with Crippen LogP contribution in [0.5, 0.6) is 11.5 Å². The summed E-state index contributed by atoms with van der Waals surface area (Å²) in [5.74, 6) is -3.00. The van der Waals surface area contributed by atoms with Crippen molar-refractivity contribution >= 4 is 34.0 Å². The zero-order chi connectivity index (χ0) is 25.1. The van der Waals surface area contributed by atoms with E-state index in [9.17, 15) is 22.9 Å². The van der Waals surface area contributed by atoms with E-state index in [1.165, 1.54) is 13.2 Å². The SMILES string of the molecule is CCOC(=O)c1cc2cc(OC)c(O)c(CN3C=NCC3)c2nc1CS(=O)c1ccc(F)c(F)c1. The first kappa shape index (κ1) is 24.5. The molecule has 0 aliphatic carbocycles. The quantitative estimate of drug-likeness (QED) is 0.469. The van der Waals surface area contributed by atoms with Crippen LogP contribution in [0.4, 0.5) is 8.78 Å². The van der Waals surface area contributed by atoms with Crippen LogP contribution in [0.3, 0.4) is 0 Å². The average Bonchev–Trinajstić information content (AvgIpc) is 3.35. The minimum atomic E-state index is -1.84. The molecule has 0 saturated heterocycles.